The van der Waals surface area contributed by atoms with Gasteiger partial charge in [0.05, 0.1) is 18.3 Å². The zero-order valence-corrected chi connectivity index (χ0v) is 20.5. The molecule has 5 nitrogen and oxygen atoms in total. The summed E-state index contributed by atoms with van der Waals surface area (Å²) >= 11 is 0. The lowest BCUT2D eigenvalue weighted by Gasteiger charge is -2.64. The minimum Gasteiger partial charge on any atom is -0.481 e. The molecular weight excluding hydrogens is 392 g/mol. The molecule has 0 radical (unpaired) electrons. The van der Waals surface area contributed by atoms with Gasteiger partial charge in [-0.3, -0.25) is 4.79 Å². The maximum atomic E-state index is 11.4. The fourth-order valence-corrected chi connectivity index (χ4v) is 8.87. The molecule has 0 amide bonds. The maximum absolute atomic E-state index is 11.4. The van der Waals surface area contributed by atoms with Gasteiger partial charge in [0.2, 0.25) is 0 Å². The second-order valence-corrected chi connectivity index (χ2v) is 11.3. The Kier molecular flexibility index (Phi) is 7.50. The zero-order chi connectivity index (χ0) is 23.1. The highest BCUT2D eigenvalue weighted by atomic mass is 16.5. The molecule has 11 unspecified atom stereocenters. The van der Waals surface area contributed by atoms with Crippen molar-refractivity contribution in [2.75, 3.05) is 7.11 Å². The van der Waals surface area contributed by atoms with Crippen LogP contribution in [-0.4, -0.2) is 46.7 Å². The predicted molar refractivity (Wildman–Crippen MR) is 122 cm³/mol. The van der Waals surface area contributed by atoms with Gasteiger partial charge < -0.3 is 20.1 Å². The molecule has 4 rings (SSSR count). The highest BCUT2D eigenvalue weighted by molar-refractivity contribution is 5.67. The van der Waals surface area contributed by atoms with Gasteiger partial charge in [0.1, 0.15) is 0 Å². The van der Waals surface area contributed by atoms with Gasteiger partial charge in [0, 0.05) is 18.9 Å². The average molecular weight is 439 g/mol. The number of fused-ring (bicyclic) bond motifs is 5. The molecule has 31 heavy (non-hydrogen) atoms. The van der Waals surface area contributed by atoms with Crippen LogP contribution in [0.1, 0.15) is 86.0 Å². The van der Waals surface area contributed by atoms with Gasteiger partial charge in [0.25, 0.3) is 0 Å². The summed E-state index contributed by atoms with van der Waals surface area (Å²) in [6.45, 7) is 10.8. The van der Waals surface area contributed by atoms with Crippen molar-refractivity contribution >= 4 is 5.97 Å². The molecule has 4 aliphatic rings. The van der Waals surface area contributed by atoms with Crippen LogP contribution in [0.2, 0.25) is 0 Å². The molecule has 4 aliphatic carbocycles. The first-order valence-corrected chi connectivity index (χ1v) is 12.7. The second kappa shape index (κ2) is 9.30. The average Bonchev–Trinajstić information content (AvgIpc) is 3.07. The quantitative estimate of drug-likeness (QED) is 0.590. The number of aliphatic carboxylic acids is 1. The summed E-state index contributed by atoms with van der Waals surface area (Å²) in [6.07, 6.45) is 6.32. The van der Waals surface area contributed by atoms with E-state index in [0.717, 1.165) is 44.9 Å². The summed E-state index contributed by atoms with van der Waals surface area (Å²) in [5.74, 6) is 1.16. The Balaban J connectivity index is 0.00000132. The first kappa shape index (κ1) is 25.0. The summed E-state index contributed by atoms with van der Waals surface area (Å²) in [7, 11) is 1.81. The van der Waals surface area contributed by atoms with Crippen LogP contribution in [0.4, 0.5) is 0 Å². The van der Waals surface area contributed by atoms with E-state index in [1.807, 2.05) is 21.0 Å². The fraction of sp³-hybridized carbons (Fsp3) is 0.962. The number of carboxylic acids is 1. The number of hydrogen-bond acceptors (Lipinski definition) is 4. The van der Waals surface area contributed by atoms with Crippen LogP contribution >= 0.6 is 0 Å². The molecule has 3 N–H and O–H groups in total. The van der Waals surface area contributed by atoms with E-state index >= 15 is 0 Å². The van der Waals surface area contributed by atoms with Crippen molar-refractivity contribution in [2.45, 2.75) is 104 Å². The number of aliphatic hydroxyl groups excluding tert-OH is 2. The van der Waals surface area contributed by atoms with E-state index in [4.69, 9.17) is 4.74 Å². The van der Waals surface area contributed by atoms with E-state index in [2.05, 4.69) is 20.8 Å². The molecule has 0 aromatic rings. The molecule has 0 aromatic carbocycles. The normalized spacial score (nSPS) is 49.7. The monoisotopic (exact) mass is 438 g/mol. The van der Waals surface area contributed by atoms with Crippen molar-refractivity contribution in [3.8, 4) is 0 Å². The van der Waals surface area contributed by atoms with Crippen molar-refractivity contribution in [1.29, 1.82) is 0 Å². The lowest BCUT2D eigenvalue weighted by Crippen LogP contribution is -2.62. The standard InChI is InChI=1S/C24H40O5.C2H6/c1-13(9-21(27)28)16-5-6-17-22-18(12-20(29-4)24(16,17)3)23(2)8-7-15(25)10-14(23)11-19(22)26;1-2/h13-20,22,25-26H,5-12H2,1-4H3,(H,27,28);1-2H3. The van der Waals surface area contributed by atoms with Crippen molar-refractivity contribution in [3.05, 3.63) is 0 Å². The third kappa shape index (κ3) is 3.97. The number of methoxy groups -OCH3 is 1. The van der Waals surface area contributed by atoms with Gasteiger partial charge in [-0.15, -0.1) is 0 Å². The Labute approximate surface area is 189 Å². The minimum absolute atomic E-state index is 0.0802. The Morgan fingerprint density at radius 1 is 1.06 bits per heavy atom. The van der Waals surface area contributed by atoms with Crippen LogP contribution in [0, 0.1) is 46.3 Å². The van der Waals surface area contributed by atoms with Crippen LogP contribution in [0.3, 0.4) is 0 Å². The minimum atomic E-state index is -0.721. The van der Waals surface area contributed by atoms with Crippen molar-refractivity contribution in [3.63, 3.8) is 0 Å². The van der Waals surface area contributed by atoms with Crippen molar-refractivity contribution in [1.82, 2.24) is 0 Å². The molecule has 0 spiro atoms. The molecule has 180 valence electrons. The second-order valence-electron chi connectivity index (χ2n) is 11.3. The van der Waals surface area contributed by atoms with E-state index < -0.39 is 5.97 Å². The largest absolute Gasteiger partial charge is 0.481 e. The molecule has 4 fully saturated rings. The van der Waals surface area contributed by atoms with Gasteiger partial charge in [-0.25, -0.2) is 0 Å². The summed E-state index contributed by atoms with van der Waals surface area (Å²) in [5.41, 5.74) is 0.0785. The Morgan fingerprint density at radius 2 is 1.74 bits per heavy atom. The van der Waals surface area contributed by atoms with Gasteiger partial charge in [-0.1, -0.05) is 34.6 Å². The smallest absolute Gasteiger partial charge is 0.303 e. The number of hydrogen-bond donors (Lipinski definition) is 3. The number of ether oxygens (including phenoxy) is 1. The third-order valence-corrected chi connectivity index (χ3v) is 10.3. The van der Waals surface area contributed by atoms with Gasteiger partial charge in [0.15, 0.2) is 0 Å². The molecular formula is C26H46O5. The highest BCUT2D eigenvalue weighted by Crippen LogP contribution is 2.68. The topological polar surface area (TPSA) is 87.0 Å². The number of carbonyl (C=O) groups is 1. The third-order valence-electron chi connectivity index (χ3n) is 10.3. The van der Waals surface area contributed by atoms with E-state index in [9.17, 15) is 20.1 Å². The van der Waals surface area contributed by atoms with Crippen LogP contribution in [0.5, 0.6) is 0 Å². The van der Waals surface area contributed by atoms with Gasteiger partial charge >= 0.3 is 5.97 Å². The fourth-order valence-electron chi connectivity index (χ4n) is 8.87. The summed E-state index contributed by atoms with van der Waals surface area (Å²) < 4.78 is 6.15. The number of rotatable bonds is 4. The Bertz CT molecular complexity index is 637. The van der Waals surface area contributed by atoms with E-state index in [0.29, 0.717) is 23.7 Å². The van der Waals surface area contributed by atoms with E-state index in [-0.39, 0.29) is 47.4 Å². The molecule has 5 heteroatoms. The van der Waals surface area contributed by atoms with Crippen LogP contribution in [0.15, 0.2) is 0 Å². The van der Waals surface area contributed by atoms with E-state index in [1.54, 1.807) is 0 Å². The van der Waals surface area contributed by atoms with Crippen LogP contribution in [-0.2, 0) is 9.53 Å². The van der Waals surface area contributed by atoms with Gasteiger partial charge in [-0.2, -0.15) is 0 Å². The molecule has 11 atom stereocenters. The maximum Gasteiger partial charge on any atom is 0.303 e. The molecule has 0 bridgehead atoms. The van der Waals surface area contributed by atoms with E-state index in [1.165, 1.54) is 0 Å². The molecule has 4 saturated carbocycles. The molecule has 0 heterocycles. The molecule has 0 saturated heterocycles. The number of aliphatic hydroxyl groups is 2. The lowest BCUT2D eigenvalue weighted by atomic mass is 9.43. The highest BCUT2D eigenvalue weighted by Gasteiger charge is 2.66. The van der Waals surface area contributed by atoms with Crippen LogP contribution in [0.25, 0.3) is 0 Å². The van der Waals surface area contributed by atoms with Crippen molar-refractivity contribution < 1.29 is 24.9 Å². The summed E-state index contributed by atoms with van der Waals surface area (Å²) in [4.78, 5) is 11.4. The SMILES string of the molecule is CC.COC1CC2C(C(O)CC3CC(O)CCC32C)C2CCC(C(C)CC(=O)O)C12C. The Hall–Kier alpha value is -0.650. The Morgan fingerprint density at radius 3 is 2.35 bits per heavy atom. The van der Waals surface area contributed by atoms with Gasteiger partial charge in [-0.05, 0) is 85.9 Å². The van der Waals surface area contributed by atoms with Crippen LogP contribution < -0.4 is 0 Å². The lowest BCUT2D eigenvalue weighted by molar-refractivity contribution is -0.212. The first-order valence-electron chi connectivity index (χ1n) is 12.7. The first-order chi connectivity index (χ1) is 14.6. The molecule has 0 aromatic heterocycles. The summed E-state index contributed by atoms with van der Waals surface area (Å²) in [5, 5.41) is 30.9. The van der Waals surface area contributed by atoms with Crippen molar-refractivity contribution in [2.24, 2.45) is 46.3 Å². The summed E-state index contributed by atoms with van der Waals surface area (Å²) in [6, 6.07) is 0. The molecule has 0 aliphatic heterocycles. The predicted octanol–water partition coefficient (Wildman–Crippen LogP) is 4.74. The number of carboxylic acid groups (broad SMARTS) is 1. The zero-order valence-electron chi connectivity index (χ0n) is 20.5.